The number of nitrogens with zero attached hydrogens (tertiary/aromatic N) is 1. The lowest BCUT2D eigenvalue weighted by atomic mass is 10.6. The Hall–Kier alpha value is 1.14. The third kappa shape index (κ3) is 11.9. The molecule has 2 nitrogen and oxygen atoms in total. The van der Waals surface area contributed by atoms with Crippen LogP contribution in [0.2, 0.25) is 0 Å². The minimum absolute atomic E-state index is 0. The van der Waals surface area contributed by atoms with Gasteiger partial charge in [0.05, 0.1) is 33.4 Å². The van der Waals surface area contributed by atoms with Crippen molar-refractivity contribution in [2.24, 2.45) is 0 Å². The minimum atomic E-state index is 0. The quantitative estimate of drug-likeness (QED) is 0.276. The Bertz CT molecular complexity index is 96.1. The molecule has 0 bridgehead atoms. The smallest absolute Gasteiger partial charge is 0.226 e. The van der Waals surface area contributed by atoms with Crippen LogP contribution in [0, 0.1) is 0 Å². The molecule has 0 aromatic heterocycles. The van der Waals surface area contributed by atoms with E-state index < -0.39 is 0 Å². The van der Waals surface area contributed by atoms with Gasteiger partial charge in [0.15, 0.2) is 0 Å². The number of hydrogen-bond acceptors (Lipinski definition) is 2. The second-order valence-electron chi connectivity index (χ2n) is 2.92. The molecule has 0 aliphatic heterocycles. The van der Waals surface area contributed by atoms with Gasteiger partial charge in [-0.25, -0.2) is 0 Å². The van der Waals surface area contributed by atoms with Gasteiger partial charge in [0, 0.05) is 0 Å². The van der Waals surface area contributed by atoms with Crippen LogP contribution in [-0.4, -0.2) is 37.9 Å². The SMILES string of the molecule is C[N+](C)(C)CCSP=O.[I-]. The Labute approximate surface area is 85.3 Å². The predicted octanol–water partition coefficient (Wildman–Crippen LogP) is -1.36. The lowest BCUT2D eigenvalue weighted by Crippen LogP contribution is -3.00. The average molecular weight is 293 g/mol. The molecule has 0 saturated heterocycles. The molecule has 0 spiro atoms. The highest BCUT2D eigenvalue weighted by Crippen LogP contribution is 2.16. The Kier molecular flexibility index (Phi) is 9.36. The monoisotopic (exact) mass is 293 g/mol. The topological polar surface area (TPSA) is 17.1 Å². The van der Waals surface area contributed by atoms with E-state index in [-0.39, 0.29) is 31.6 Å². The van der Waals surface area contributed by atoms with Gasteiger partial charge in [-0.2, -0.15) is 0 Å². The predicted molar refractivity (Wildman–Crippen MR) is 43.0 cm³/mol. The third-order valence-electron chi connectivity index (χ3n) is 0.906. The van der Waals surface area contributed by atoms with Crippen molar-refractivity contribution in [3.05, 3.63) is 0 Å². The molecule has 0 amide bonds. The van der Waals surface area contributed by atoms with Crippen molar-refractivity contribution in [3.8, 4) is 0 Å². The molecular weight excluding hydrogens is 280 g/mol. The van der Waals surface area contributed by atoms with Crippen molar-refractivity contribution in [1.29, 1.82) is 0 Å². The zero-order valence-electron chi connectivity index (χ0n) is 6.50. The van der Waals surface area contributed by atoms with Gasteiger partial charge < -0.3 is 28.5 Å². The summed E-state index contributed by atoms with van der Waals surface area (Å²) in [5.74, 6) is 0.967. The van der Waals surface area contributed by atoms with Crippen LogP contribution in [-0.2, 0) is 4.57 Å². The first-order valence-electron chi connectivity index (χ1n) is 2.81. The summed E-state index contributed by atoms with van der Waals surface area (Å²) >= 11 is 1.44. The van der Waals surface area contributed by atoms with Crippen LogP contribution >= 0.6 is 19.0 Å². The van der Waals surface area contributed by atoms with Gasteiger partial charge in [-0.1, -0.05) is 11.4 Å². The largest absolute Gasteiger partial charge is 1.00 e. The molecule has 0 atom stereocenters. The Morgan fingerprint density at radius 3 is 2.20 bits per heavy atom. The fourth-order valence-electron chi connectivity index (χ4n) is 0.352. The number of rotatable bonds is 4. The first kappa shape index (κ1) is 13.7. The lowest BCUT2D eigenvalue weighted by molar-refractivity contribution is -0.867. The molecule has 0 N–H and O–H groups in total. The van der Waals surface area contributed by atoms with E-state index in [1.807, 2.05) is 0 Å². The van der Waals surface area contributed by atoms with Crippen molar-refractivity contribution in [1.82, 2.24) is 0 Å². The van der Waals surface area contributed by atoms with E-state index in [0.29, 0.717) is 0 Å². The van der Waals surface area contributed by atoms with Gasteiger partial charge in [-0.15, -0.1) is 0 Å². The molecule has 62 valence electrons. The van der Waals surface area contributed by atoms with Gasteiger partial charge in [0.25, 0.3) is 0 Å². The highest BCUT2D eigenvalue weighted by molar-refractivity contribution is 8.45. The summed E-state index contributed by atoms with van der Waals surface area (Å²) in [6, 6.07) is 0. The van der Waals surface area contributed by atoms with Crippen molar-refractivity contribution in [2.75, 3.05) is 33.4 Å². The Morgan fingerprint density at radius 2 is 1.90 bits per heavy atom. The van der Waals surface area contributed by atoms with E-state index in [2.05, 4.69) is 21.1 Å². The molecule has 0 radical (unpaired) electrons. The summed E-state index contributed by atoms with van der Waals surface area (Å²) in [5.41, 5.74) is 0. The fourth-order valence-corrected chi connectivity index (χ4v) is 1.52. The lowest BCUT2D eigenvalue weighted by Gasteiger charge is -2.22. The molecule has 0 aromatic carbocycles. The van der Waals surface area contributed by atoms with Crippen LogP contribution in [0.15, 0.2) is 0 Å². The highest BCUT2D eigenvalue weighted by Gasteiger charge is 2.04. The van der Waals surface area contributed by atoms with E-state index in [1.165, 1.54) is 11.4 Å². The first-order chi connectivity index (χ1) is 4.06. The maximum atomic E-state index is 9.94. The van der Waals surface area contributed by atoms with Gasteiger partial charge in [0.2, 0.25) is 7.66 Å². The van der Waals surface area contributed by atoms with Gasteiger partial charge in [0.1, 0.15) is 0 Å². The van der Waals surface area contributed by atoms with Gasteiger partial charge in [-0.3, -0.25) is 4.57 Å². The second-order valence-corrected chi connectivity index (χ2v) is 4.96. The summed E-state index contributed by atoms with van der Waals surface area (Å²) in [7, 11) is 6.58. The van der Waals surface area contributed by atoms with Crippen LogP contribution in [0.1, 0.15) is 0 Å². The van der Waals surface area contributed by atoms with Crippen LogP contribution in [0.4, 0.5) is 0 Å². The molecular formula is C5H13INOPS. The van der Waals surface area contributed by atoms with E-state index in [0.717, 1.165) is 16.8 Å². The third-order valence-corrected chi connectivity index (χ3v) is 2.24. The molecule has 0 unspecified atom stereocenters. The summed E-state index contributed by atoms with van der Waals surface area (Å²) in [6.45, 7) is 1.07. The molecule has 0 rings (SSSR count). The van der Waals surface area contributed by atoms with Crippen molar-refractivity contribution in [3.63, 3.8) is 0 Å². The number of halogens is 1. The van der Waals surface area contributed by atoms with Crippen molar-refractivity contribution >= 4 is 19.0 Å². The minimum Gasteiger partial charge on any atom is -1.00 e. The Balaban J connectivity index is 0. The molecule has 0 heterocycles. The van der Waals surface area contributed by atoms with E-state index in [9.17, 15) is 4.57 Å². The molecule has 0 aliphatic rings. The number of quaternary nitrogens is 1. The normalized spacial score (nSPS) is 11.1. The number of hydrogen-bond donors (Lipinski definition) is 0. The van der Waals surface area contributed by atoms with Crippen LogP contribution in [0.5, 0.6) is 0 Å². The molecule has 0 aliphatic carbocycles. The molecule has 0 aromatic rings. The molecule has 5 heteroatoms. The zero-order valence-corrected chi connectivity index (χ0v) is 10.4. The Morgan fingerprint density at radius 1 is 1.40 bits per heavy atom. The van der Waals surface area contributed by atoms with E-state index >= 15 is 0 Å². The standard InChI is InChI=1S/C5H13NOPS.HI/c1-6(2,3)4-5-9-8-7;/h4-5H2,1-3H3;1H/q+1;/p-1. The summed E-state index contributed by atoms with van der Waals surface area (Å²) < 4.78 is 10.9. The summed E-state index contributed by atoms with van der Waals surface area (Å²) in [6.07, 6.45) is 0. The summed E-state index contributed by atoms with van der Waals surface area (Å²) in [4.78, 5) is 0. The fraction of sp³-hybridized carbons (Fsp3) is 1.00. The molecule has 0 saturated carbocycles. The van der Waals surface area contributed by atoms with E-state index in [1.54, 1.807) is 0 Å². The first-order valence-corrected chi connectivity index (χ1v) is 5.21. The van der Waals surface area contributed by atoms with E-state index in [4.69, 9.17) is 0 Å². The summed E-state index contributed by atoms with van der Waals surface area (Å²) in [5, 5.41) is 0. The van der Waals surface area contributed by atoms with Crippen LogP contribution in [0.3, 0.4) is 0 Å². The second kappa shape index (κ2) is 6.83. The van der Waals surface area contributed by atoms with Gasteiger partial charge >= 0.3 is 0 Å². The maximum absolute atomic E-state index is 9.94. The highest BCUT2D eigenvalue weighted by atomic mass is 127. The van der Waals surface area contributed by atoms with Crippen molar-refractivity contribution in [2.45, 2.75) is 0 Å². The van der Waals surface area contributed by atoms with Crippen molar-refractivity contribution < 1.29 is 33.0 Å². The van der Waals surface area contributed by atoms with Gasteiger partial charge in [-0.05, 0) is 0 Å². The molecule has 10 heavy (non-hydrogen) atoms. The zero-order chi connectivity index (χ0) is 7.33. The van der Waals surface area contributed by atoms with Crippen LogP contribution < -0.4 is 24.0 Å². The molecule has 0 fully saturated rings. The average Bonchev–Trinajstić information content (AvgIpc) is 1.63. The van der Waals surface area contributed by atoms with Crippen LogP contribution in [0.25, 0.3) is 0 Å². The maximum Gasteiger partial charge on any atom is 0.226 e.